The number of fused-ring (bicyclic) bond motifs is 1. The van der Waals surface area contributed by atoms with Crippen LogP contribution >= 0.6 is 0 Å². The number of aryl methyl sites for hydroxylation is 1. The van der Waals surface area contributed by atoms with Crippen LogP contribution in [0.15, 0.2) is 29.2 Å². The lowest BCUT2D eigenvalue weighted by Crippen LogP contribution is -2.37. The Balaban J connectivity index is 2.04. The lowest BCUT2D eigenvalue weighted by Gasteiger charge is -2.19. The second kappa shape index (κ2) is 8.76. The van der Waals surface area contributed by atoms with Crippen molar-refractivity contribution in [3.63, 3.8) is 0 Å². The maximum Gasteiger partial charge on any atom is 0.264 e. The molecule has 0 aliphatic heterocycles. The highest BCUT2D eigenvalue weighted by Crippen LogP contribution is 2.10. The molecule has 0 unspecified atom stereocenters. The van der Waals surface area contributed by atoms with Crippen molar-refractivity contribution in [3.05, 3.63) is 40.3 Å². The van der Waals surface area contributed by atoms with Crippen LogP contribution < -0.4 is 10.9 Å². The number of nitrogens with one attached hydrogen (secondary N) is 1. The van der Waals surface area contributed by atoms with Gasteiger partial charge in [-0.25, -0.2) is 4.98 Å². The molecule has 1 N–H and O–H groups in total. The Labute approximate surface area is 148 Å². The molecular formula is C19H28N4O2. The Kier molecular flexibility index (Phi) is 6.70. The minimum atomic E-state index is -0.320. The van der Waals surface area contributed by atoms with Gasteiger partial charge in [-0.3, -0.25) is 14.2 Å². The lowest BCUT2D eigenvalue weighted by molar-refractivity contribution is 0.0935. The Hall–Kier alpha value is -2.21. The minimum Gasteiger partial charge on any atom is -0.349 e. The fourth-order valence-electron chi connectivity index (χ4n) is 2.99. The number of pyridine rings is 2. The number of hydrogen-bond donors (Lipinski definition) is 1. The zero-order valence-corrected chi connectivity index (χ0v) is 15.6. The van der Waals surface area contributed by atoms with Gasteiger partial charge >= 0.3 is 0 Å². The highest BCUT2D eigenvalue weighted by atomic mass is 16.2. The molecule has 2 aromatic rings. The minimum absolute atomic E-state index is 0.0253. The number of amides is 1. The summed E-state index contributed by atoms with van der Waals surface area (Å²) in [5.74, 6) is -0.318. The number of carbonyl (C=O) groups is 1. The van der Waals surface area contributed by atoms with Gasteiger partial charge in [-0.2, -0.15) is 0 Å². The Bertz CT molecular complexity index is 781. The lowest BCUT2D eigenvalue weighted by atomic mass is 10.1. The zero-order chi connectivity index (χ0) is 18.4. The summed E-state index contributed by atoms with van der Waals surface area (Å²) in [5.41, 5.74) is 0.425. The van der Waals surface area contributed by atoms with E-state index in [0.29, 0.717) is 5.65 Å². The van der Waals surface area contributed by atoms with Crippen LogP contribution in [0.2, 0.25) is 0 Å². The molecule has 0 fully saturated rings. The van der Waals surface area contributed by atoms with Gasteiger partial charge < -0.3 is 10.2 Å². The summed E-state index contributed by atoms with van der Waals surface area (Å²) in [6.07, 6.45) is 3.54. The fourth-order valence-corrected chi connectivity index (χ4v) is 2.99. The smallest absolute Gasteiger partial charge is 0.264 e. The molecule has 2 rings (SSSR count). The van der Waals surface area contributed by atoms with Crippen molar-refractivity contribution in [2.75, 3.05) is 19.6 Å². The van der Waals surface area contributed by atoms with E-state index in [1.165, 1.54) is 4.57 Å². The van der Waals surface area contributed by atoms with Crippen molar-refractivity contribution in [1.82, 2.24) is 19.8 Å². The van der Waals surface area contributed by atoms with Crippen molar-refractivity contribution >= 4 is 16.9 Å². The van der Waals surface area contributed by atoms with Gasteiger partial charge in [0.05, 0.1) is 0 Å². The molecule has 0 saturated carbocycles. The molecule has 6 heteroatoms. The summed E-state index contributed by atoms with van der Waals surface area (Å²) in [7, 11) is 1.64. The van der Waals surface area contributed by atoms with E-state index in [2.05, 4.69) is 29.0 Å². The van der Waals surface area contributed by atoms with Gasteiger partial charge in [0.2, 0.25) is 0 Å². The zero-order valence-electron chi connectivity index (χ0n) is 15.6. The van der Waals surface area contributed by atoms with Gasteiger partial charge in [0.15, 0.2) is 0 Å². The van der Waals surface area contributed by atoms with Crippen molar-refractivity contribution in [3.8, 4) is 0 Å². The van der Waals surface area contributed by atoms with Crippen LogP contribution in [0.1, 0.15) is 44.0 Å². The standard InChI is InChI=1S/C19H28N4O2/c1-5-23(6-2)12-8-9-14(3)21-18(24)16-13-15-10-7-11-20-17(15)22(4)19(16)25/h7,10-11,13-14H,5-6,8-9,12H2,1-4H3,(H,21,24)/t14-/m0/s1. The average Bonchev–Trinajstić information content (AvgIpc) is 2.61. The predicted octanol–water partition coefficient (Wildman–Crippen LogP) is 2.17. The number of nitrogens with zero attached hydrogens (tertiary/aromatic N) is 3. The van der Waals surface area contributed by atoms with Gasteiger partial charge in [-0.1, -0.05) is 13.8 Å². The summed E-state index contributed by atoms with van der Waals surface area (Å²) >= 11 is 0. The molecule has 0 aromatic carbocycles. The number of carbonyl (C=O) groups excluding carboxylic acids is 1. The quantitative estimate of drug-likeness (QED) is 0.797. The first-order chi connectivity index (χ1) is 12.0. The van der Waals surface area contributed by atoms with E-state index in [0.717, 1.165) is 37.9 Å². The molecule has 25 heavy (non-hydrogen) atoms. The monoisotopic (exact) mass is 344 g/mol. The molecular weight excluding hydrogens is 316 g/mol. The van der Waals surface area contributed by atoms with Gasteiger partial charge in [0, 0.05) is 24.7 Å². The highest BCUT2D eigenvalue weighted by Gasteiger charge is 2.16. The van der Waals surface area contributed by atoms with Crippen LogP contribution in [-0.2, 0) is 7.05 Å². The second-order valence-electron chi connectivity index (χ2n) is 6.38. The van der Waals surface area contributed by atoms with Gasteiger partial charge in [0.1, 0.15) is 11.2 Å². The molecule has 0 aliphatic carbocycles. The summed E-state index contributed by atoms with van der Waals surface area (Å²) < 4.78 is 1.43. The first-order valence-electron chi connectivity index (χ1n) is 8.95. The first-order valence-corrected chi connectivity index (χ1v) is 8.95. The number of aromatic nitrogens is 2. The number of hydrogen-bond acceptors (Lipinski definition) is 4. The van der Waals surface area contributed by atoms with Crippen molar-refractivity contribution in [2.24, 2.45) is 7.05 Å². The topological polar surface area (TPSA) is 67.2 Å². The highest BCUT2D eigenvalue weighted by molar-refractivity contribution is 5.97. The molecule has 0 saturated heterocycles. The van der Waals surface area contributed by atoms with E-state index in [1.54, 1.807) is 25.4 Å². The van der Waals surface area contributed by atoms with E-state index in [-0.39, 0.29) is 23.1 Å². The summed E-state index contributed by atoms with van der Waals surface area (Å²) in [6, 6.07) is 5.30. The molecule has 0 radical (unpaired) electrons. The molecule has 0 aliphatic rings. The molecule has 1 atom stereocenters. The molecule has 0 bridgehead atoms. The van der Waals surface area contributed by atoms with Crippen LogP contribution in [0.3, 0.4) is 0 Å². The van der Waals surface area contributed by atoms with Gasteiger partial charge in [0.25, 0.3) is 11.5 Å². The van der Waals surface area contributed by atoms with E-state index >= 15 is 0 Å². The Morgan fingerprint density at radius 2 is 2.08 bits per heavy atom. The maximum absolute atomic E-state index is 12.5. The van der Waals surface area contributed by atoms with Crippen LogP contribution in [0, 0.1) is 0 Å². The van der Waals surface area contributed by atoms with Crippen LogP contribution in [0.4, 0.5) is 0 Å². The molecule has 2 heterocycles. The first kappa shape index (κ1) is 19.1. The van der Waals surface area contributed by atoms with Crippen LogP contribution in [0.5, 0.6) is 0 Å². The Morgan fingerprint density at radius 1 is 1.36 bits per heavy atom. The third kappa shape index (κ3) is 4.66. The van der Waals surface area contributed by atoms with Crippen molar-refractivity contribution < 1.29 is 4.79 Å². The van der Waals surface area contributed by atoms with Gasteiger partial charge in [-0.15, -0.1) is 0 Å². The largest absolute Gasteiger partial charge is 0.349 e. The van der Waals surface area contributed by atoms with Crippen LogP contribution in [0.25, 0.3) is 11.0 Å². The van der Waals surface area contributed by atoms with E-state index in [9.17, 15) is 9.59 Å². The third-order valence-corrected chi connectivity index (χ3v) is 4.60. The molecule has 2 aromatic heterocycles. The van der Waals surface area contributed by atoms with E-state index < -0.39 is 0 Å². The molecule has 136 valence electrons. The van der Waals surface area contributed by atoms with Gasteiger partial charge in [-0.05, 0) is 57.6 Å². The fraction of sp³-hybridized carbons (Fsp3) is 0.526. The third-order valence-electron chi connectivity index (χ3n) is 4.60. The summed E-state index contributed by atoms with van der Waals surface area (Å²) in [6.45, 7) is 9.39. The molecule has 1 amide bonds. The summed E-state index contributed by atoms with van der Waals surface area (Å²) in [5, 5.41) is 3.73. The normalized spacial score (nSPS) is 12.5. The predicted molar refractivity (Wildman–Crippen MR) is 101 cm³/mol. The van der Waals surface area contributed by atoms with Crippen LogP contribution in [-0.4, -0.2) is 46.0 Å². The number of rotatable bonds is 8. The molecule has 0 spiro atoms. The van der Waals surface area contributed by atoms with Crippen molar-refractivity contribution in [1.29, 1.82) is 0 Å². The summed E-state index contributed by atoms with van der Waals surface area (Å²) in [4.78, 5) is 31.5. The SMILES string of the molecule is CCN(CC)CCC[C@H](C)NC(=O)c1cc2cccnc2n(C)c1=O. The van der Waals surface area contributed by atoms with Crippen molar-refractivity contribution in [2.45, 2.75) is 39.7 Å². The van der Waals surface area contributed by atoms with E-state index in [1.807, 2.05) is 13.0 Å². The molecule has 6 nitrogen and oxygen atoms in total. The van der Waals surface area contributed by atoms with E-state index in [4.69, 9.17) is 0 Å². The second-order valence-corrected chi connectivity index (χ2v) is 6.38. The average molecular weight is 344 g/mol. The Morgan fingerprint density at radius 3 is 2.76 bits per heavy atom. The maximum atomic E-state index is 12.5.